The lowest BCUT2D eigenvalue weighted by Crippen LogP contribution is -2.62. The maximum atomic E-state index is 14.3. The van der Waals surface area contributed by atoms with E-state index in [4.69, 9.17) is 47.4 Å². The number of thioether (sulfide) groups is 1. The maximum Gasteiger partial charge on any atom is 0.338 e. The van der Waals surface area contributed by atoms with Gasteiger partial charge in [-0.15, -0.1) is 11.8 Å². The summed E-state index contributed by atoms with van der Waals surface area (Å²) in [5, 5.41) is 12.0. The Morgan fingerprint density at radius 1 is 0.453 bits per heavy atom. The number of esters is 3. The van der Waals surface area contributed by atoms with E-state index in [9.17, 15) is 19.5 Å². The van der Waals surface area contributed by atoms with Crippen molar-refractivity contribution in [3.05, 3.63) is 215 Å². The van der Waals surface area contributed by atoms with Gasteiger partial charge in [0, 0.05) is 0 Å². The molecule has 2 heterocycles. The number of carbonyl (C=O) groups is 3. The van der Waals surface area contributed by atoms with Crippen LogP contribution >= 0.6 is 11.8 Å². The summed E-state index contributed by atoms with van der Waals surface area (Å²) in [5.41, 5.74) is 4.06. The number of hydrogen-bond acceptors (Lipinski definition) is 15. The van der Waals surface area contributed by atoms with E-state index in [-0.39, 0.29) is 45.2 Å². The summed E-state index contributed by atoms with van der Waals surface area (Å²) >= 11 is 1.51. The zero-order chi connectivity index (χ0) is 52.0. The van der Waals surface area contributed by atoms with Crippen LogP contribution in [-0.2, 0) is 90.0 Å². The van der Waals surface area contributed by atoms with Crippen LogP contribution in [0.5, 0.6) is 0 Å². The molecule has 14 nitrogen and oxygen atoms in total. The van der Waals surface area contributed by atoms with Gasteiger partial charge in [-0.3, -0.25) is 9.59 Å². The Kier molecular flexibility index (Phi) is 21.4. The predicted molar refractivity (Wildman–Crippen MR) is 280 cm³/mol. The fourth-order valence-corrected chi connectivity index (χ4v) is 9.63. The minimum atomic E-state index is -1.57. The number of carbonyl (C=O) groups excluding carboxylic acids is 3. The lowest BCUT2D eigenvalue weighted by atomic mass is 9.98. The zero-order valence-corrected chi connectivity index (χ0v) is 42.6. The SMILES string of the molecule is CCS[C@H]1O[C@H](COCc2ccccc2)[C@@H](OCc2ccccc2)[C@H](OC(=O)CCC(=O)O[C@H]2[C@H](O)[C@@H](COCc3ccccc3)O[C@H](OCc3ccccc3)[C@@H]2OC(=O)c2ccccc2)[C@@H]1OCc1ccccc1. The summed E-state index contributed by atoms with van der Waals surface area (Å²) < 4.78 is 63.5. The molecular weight excluding hydrogens is 977 g/mol. The summed E-state index contributed by atoms with van der Waals surface area (Å²) in [6.45, 7) is 2.88. The van der Waals surface area contributed by atoms with Crippen LogP contribution in [0, 0.1) is 0 Å². The molecule has 0 radical (unpaired) electrons. The minimum absolute atomic E-state index is 0.0288. The third-order valence-electron chi connectivity index (χ3n) is 12.5. The van der Waals surface area contributed by atoms with Gasteiger partial charge < -0.3 is 52.5 Å². The monoisotopic (exact) mass is 1040 g/mol. The first-order chi connectivity index (χ1) is 36.8. The van der Waals surface area contributed by atoms with Crippen LogP contribution in [0.2, 0.25) is 0 Å². The smallest absolute Gasteiger partial charge is 0.338 e. The number of aliphatic hydroxyl groups excluding tert-OH is 1. The molecule has 394 valence electrons. The molecule has 8 rings (SSSR count). The van der Waals surface area contributed by atoms with E-state index < -0.39 is 91.3 Å². The lowest BCUT2D eigenvalue weighted by molar-refractivity contribution is -0.307. The van der Waals surface area contributed by atoms with E-state index in [2.05, 4.69) is 0 Å². The van der Waals surface area contributed by atoms with Gasteiger partial charge in [0.15, 0.2) is 24.6 Å². The number of aliphatic hydroxyl groups is 1. The average Bonchev–Trinajstić information content (AvgIpc) is 3.45. The Morgan fingerprint density at radius 2 is 0.867 bits per heavy atom. The van der Waals surface area contributed by atoms with Crippen LogP contribution < -0.4 is 0 Å². The standard InChI is InChI=1S/C60H64O14S/c1-2-75-60-57(68-38-45-27-15-6-16-28-45)55(53(67-37-44-25-13-5-14-26-44)49(71-60)41-66-36-43-23-11-4-12-24-43)73-51(62)34-33-50(61)72-54-52(63)48(40-65-35-42-21-9-3-10-22-42)70-59(69-39-46-29-17-7-18-30-46)56(54)74-58(64)47-31-19-8-20-32-47/h3-32,48-49,52-57,59-60,63H,2,33-41H2,1H3/t48-,49-,52-,53-,54+,55+,56-,57+,59+,60-/m1/s1. The number of rotatable bonds is 26. The van der Waals surface area contributed by atoms with Gasteiger partial charge >= 0.3 is 17.9 Å². The number of benzene rings is 6. The first-order valence-electron chi connectivity index (χ1n) is 25.3. The molecule has 0 spiro atoms. The molecule has 0 amide bonds. The highest BCUT2D eigenvalue weighted by molar-refractivity contribution is 7.99. The summed E-state index contributed by atoms with van der Waals surface area (Å²) in [7, 11) is 0. The number of hydrogen-bond donors (Lipinski definition) is 1. The Bertz CT molecular complexity index is 2600. The highest BCUT2D eigenvalue weighted by Crippen LogP contribution is 2.36. The Labute approximate surface area is 442 Å². The van der Waals surface area contributed by atoms with Crippen molar-refractivity contribution in [3.8, 4) is 0 Å². The highest BCUT2D eigenvalue weighted by atomic mass is 32.2. The quantitative estimate of drug-likeness (QED) is 0.0404. The van der Waals surface area contributed by atoms with Crippen LogP contribution in [-0.4, -0.2) is 103 Å². The van der Waals surface area contributed by atoms with Crippen molar-refractivity contribution in [2.24, 2.45) is 0 Å². The van der Waals surface area contributed by atoms with Gasteiger partial charge in [0.2, 0.25) is 0 Å². The van der Waals surface area contributed by atoms with Crippen molar-refractivity contribution >= 4 is 29.7 Å². The van der Waals surface area contributed by atoms with Crippen molar-refractivity contribution in [2.45, 2.75) is 113 Å². The van der Waals surface area contributed by atoms with Crippen LogP contribution in [0.25, 0.3) is 0 Å². The van der Waals surface area contributed by atoms with Gasteiger partial charge in [-0.2, -0.15) is 0 Å². The van der Waals surface area contributed by atoms with Crippen molar-refractivity contribution in [3.63, 3.8) is 0 Å². The van der Waals surface area contributed by atoms with E-state index in [1.54, 1.807) is 30.3 Å². The summed E-state index contributed by atoms with van der Waals surface area (Å²) in [4.78, 5) is 42.2. The van der Waals surface area contributed by atoms with Crippen LogP contribution in [0.1, 0.15) is 57.9 Å². The molecule has 10 atom stereocenters. The predicted octanol–water partition coefficient (Wildman–Crippen LogP) is 9.20. The molecule has 1 N–H and O–H groups in total. The first kappa shape index (κ1) is 55.0. The molecule has 2 aliphatic heterocycles. The third kappa shape index (κ3) is 16.6. The second-order valence-electron chi connectivity index (χ2n) is 18.0. The molecule has 0 aromatic heterocycles. The van der Waals surface area contributed by atoms with E-state index in [0.717, 1.165) is 27.8 Å². The topological polar surface area (TPSA) is 164 Å². The minimum Gasteiger partial charge on any atom is -0.457 e. The van der Waals surface area contributed by atoms with E-state index in [0.29, 0.717) is 12.4 Å². The second kappa shape index (κ2) is 29.2. The molecule has 75 heavy (non-hydrogen) atoms. The van der Waals surface area contributed by atoms with E-state index in [1.807, 2.05) is 159 Å². The molecule has 0 saturated carbocycles. The average molecular weight is 1040 g/mol. The second-order valence-corrected chi connectivity index (χ2v) is 19.4. The lowest BCUT2D eigenvalue weighted by Gasteiger charge is -2.45. The van der Waals surface area contributed by atoms with Crippen molar-refractivity contribution in [1.29, 1.82) is 0 Å². The van der Waals surface area contributed by atoms with E-state index in [1.165, 1.54) is 11.8 Å². The first-order valence-corrected chi connectivity index (χ1v) is 26.3. The molecule has 2 saturated heterocycles. The molecule has 6 aromatic rings. The van der Waals surface area contributed by atoms with Crippen LogP contribution in [0.4, 0.5) is 0 Å². The molecular formula is C60H64O14S. The molecule has 2 fully saturated rings. The Hall–Kier alpha value is -6.24. The number of ether oxygens (including phenoxy) is 10. The van der Waals surface area contributed by atoms with Crippen LogP contribution in [0.15, 0.2) is 182 Å². The molecule has 0 bridgehead atoms. The van der Waals surface area contributed by atoms with Crippen molar-refractivity contribution in [1.82, 2.24) is 0 Å². The molecule has 0 unspecified atom stereocenters. The normalized spacial score (nSPS) is 23.4. The highest BCUT2D eigenvalue weighted by Gasteiger charge is 2.52. The fourth-order valence-electron chi connectivity index (χ4n) is 8.66. The Balaban J connectivity index is 1.02. The summed E-state index contributed by atoms with van der Waals surface area (Å²) in [6.07, 6.45) is -11.3. The fraction of sp³-hybridized carbons (Fsp3) is 0.350. The Morgan fingerprint density at radius 3 is 1.35 bits per heavy atom. The van der Waals surface area contributed by atoms with Crippen molar-refractivity contribution < 1.29 is 66.9 Å². The van der Waals surface area contributed by atoms with Gasteiger partial charge in [0.1, 0.15) is 36.0 Å². The van der Waals surface area contributed by atoms with Crippen molar-refractivity contribution in [2.75, 3.05) is 19.0 Å². The van der Waals surface area contributed by atoms with Crippen LogP contribution in [0.3, 0.4) is 0 Å². The van der Waals surface area contributed by atoms with Gasteiger partial charge in [-0.05, 0) is 45.7 Å². The molecule has 15 heteroatoms. The zero-order valence-electron chi connectivity index (χ0n) is 41.8. The largest absolute Gasteiger partial charge is 0.457 e. The molecule has 0 aliphatic carbocycles. The molecule has 2 aliphatic rings. The third-order valence-corrected chi connectivity index (χ3v) is 13.5. The van der Waals surface area contributed by atoms with Gasteiger partial charge in [0.05, 0.1) is 64.7 Å². The summed E-state index contributed by atoms with van der Waals surface area (Å²) in [5.74, 6) is -1.72. The molecule has 6 aromatic carbocycles. The van der Waals surface area contributed by atoms with Gasteiger partial charge in [0.25, 0.3) is 0 Å². The summed E-state index contributed by atoms with van der Waals surface area (Å²) in [6, 6.07) is 56.1. The van der Waals surface area contributed by atoms with E-state index >= 15 is 0 Å². The van der Waals surface area contributed by atoms with Gasteiger partial charge in [-0.25, -0.2) is 4.79 Å². The van der Waals surface area contributed by atoms with Gasteiger partial charge in [-0.1, -0.05) is 177 Å². The maximum absolute atomic E-state index is 14.3.